The summed E-state index contributed by atoms with van der Waals surface area (Å²) < 4.78 is 13.2. The molecule has 0 amide bonds. The first-order valence-corrected chi connectivity index (χ1v) is 9.87. The van der Waals surface area contributed by atoms with Crippen LogP contribution in [-0.2, 0) is 11.3 Å². The minimum atomic E-state index is 0.715. The number of morpholine rings is 1. The second-order valence-electron chi connectivity index (χ2n) is 7.35. The van der Waals surface area contributed by atoms with Gasteiger partial charge in [0.25, 0.3) is 0 Å². The fourth-order valence-corrected chi connectivity index (χ4v) is 3.95. The van der Waals surface area contributed by atoms with Crippen LogP contribution >= 0.6 is 0 Å². The molecule has 0 unspecified atom stereocenters. The molecule has 1 aliphatic rings. The van der Waals surface area contributed by atoms with E-state index in [1.54, 1.807) is 0 Å². The second kappa shape index (κ2) is 7.33. The highest BCUT2D eigenvalue weighted by Crippen LogP contribution is 2.31. The lowest BCUT2D eigenvalue weighted by atomic mass is 10.1. The van der Waals surface area contributed by atoms with Gasteiger partial charge < -0.3 is 18.7 Å². The summed E-state index contributed by atoms with van der Waals surface area (Å²) in [6.07, 6.45) is 1.86. The van der Waals surface area contributed by atoms with Gasteiger partial charge in [0.05, 0.1) is 31.0 Å². The number of aryl methyl sites for hydroxylation is 2. The monoisotopic (exact) mass is 389 g/mol. The smallest absolute Gasteiger partial charge is 0.208 e. The van der Waals surface area contributed by atoms with Crippen molar-refractivity contribution in [2.45, 2.75) is 20.4 Å². The van der Waals surface area contributed by atoms with E-state index >= 15 is 0 Å². The Hall–Kier alpha value is -3.19. The van der Waals surface area contributed by atoms with Gasteiger partial charge in [-0.1, -0.05) is 35.5 Å². The summed E-state index contributed by atoms with van der Waals surface area (Å²) in [6.45, 7) is 7.70. The first-order valence-electron chi connectivity index (χ1n) is 9.87. The Morgan fingerprint density at radius 1 is 1.07 bits per heavy atom. The third-order valence-electron chi connectivity index (χ3n) is 5.38. The first kappa shape index (κ1) is 17.9. The zero-order chi connectivity index (χ0) is 19.8. The lowest BCUT2D eigenvalue weighted by molar-refractivity contribution is 0.121. The molecule has 7 heteroatoms. The maximum absolute atomic E-state index is 5.54. The van der Waals surface area contributed by atoms with E-state index < -0.39 is 0 Å². The number of imidazole rings is 1. The summed E-state index contributed by atoms with van der Waals surface area (Å²) in [5, 5.41) is 4.09. The Kier molecular flexibility index (Phi) is 4.52. The summed E-state index contributed by atoms with van der Waals surface area (Å²) in [7, 11) is 0. The number of pyridine rings is 1. The highest BCUT2D eigenvalue weighted by molar-refractivity contribution is 5.82. The molecule has 1 fully saturated rings. The summed E-state index contributed by atoms with van der Waals surface area (Å²) in [6, 6.07) is 12.6. The van der Waals surface area contributed by atoms with Crippen molar-refractivity contribution in [3.05, 3.63) is 59.6 Å². The molecule has 0 N–H and O–H groups in total. The lowest BCUT2D eigenvalue weighted by Crippen LogP contribution is -2.38. The topological polar surface area (TPSA) is 69.2 Å². The molecular formula is C22H23N5O2. The number of hydrogen-bond acceptors (Lipinski definition) is 6. The van der Waals surface area contributed by atoms with Crippen LogP contribution in [0.25, 0.3) is 22.3 Å². The Bertz CT molecular complexity index is 1120. The third kappa shape index (κ3) is 3.27. The highest BCUT2D eigenvalue weighted by Gasteiger charge is 2.21. The summed E-state index contributed by atoms with van der Waals surface area (Å²) in [5.41, 5.74) is 5.84. The van der Waals surface area contributed by atoms with Gasteiger partial charge in [0.1, 0.15) is 5.76 Å². The van der Waals surface area contributed by atoms with E-state index in [0.717, 1.165) is 59.3 Å². The summed E-state index contributed by atoms with van der Waals surface area (Å²) >= 11 is 0. The molecular weight excluding hydrogens is 366 g/mol. The van der Waals surface area contributed by atoms with Crippen LogP contribution < -0.4 is 4.90 Å². The van der Waals surface area contributed by atoms with Crippen LogP contribution in [-0.4, -0.2) is 46.0 Å². The van der Waals surface area contributed by atoms with E-state index in [9.17, 15) is 0 Å². The lowest BCUT2D eigenvalue weighted by Gasteiger charge is -2.28. The Morgan fingerprint density at radius 3 is 2.59 bits per heavy atom. The van der Waals surface area contributed by atoms with Gasteiger partial charge in [-0.25, -0.2) is 4.98 Å². The molecule has 0 saturated carbocycles. The molecule has 5 rings (SSSR count). The van der Waals surface area contributed by atoms with Crippen molar-refractivity contribution in [2.24, 2.45) is 0 Å². The van der Waals surface area contributed by atoms with Gasteiger partial charge in [0.15, 0.2) is 5.65 Å². The average Bonchev–Trinajstić information content (AvgIpc) is 3.28. The van der Waals surface area contributed by atoms with Gasteiger partial charge in [-0.3, -0.25) is 0 Å². The molecule has 148 valence electrons. The molecule has 29 heavy (non-hydrogen) atoms. The predicted molar refractivity (Wildman–Crippen MR) is 111 cm³/mol. The maximum atomic E-state index is 5.54. The number of nitrogens with zero attached hydrogens (tertiary/aromatic N) is 5. The number of hydrogen-bond donors (Lipinski definition) is 0. The molecule has 0 atom stereocenters. The Morgan fingerprint density at radius 2 is 1.86 bits per heavy atom. The minimum absolute atomic E-state index is 0.715. The van der Waals surface area contributed by atoms with Crippen molar-refractivity contribution >= 4 is 17.1 Å². The quantitative estimate of drug-likeness (QED) is 0.531. The van der Waals surface area contributed by atoms with Gasteiger partial charge in [-0.05, 0) is 25.5 Å². The number of anilines is 1. The van der Waals surface area contributed by atoms with Crippen LogP contribution in [0.15, 0.2) is 47.1 Å². The fourth-order valence-electron chi connectivity index (χ4n) is 3.95. The third-order valence-corrected chi connectivity index (χ3v) is 5.38. The molecule has 1 aliphatic heterocycles. The molecule has 4 aromatic rings. The van der Waals surface area contributed by atoms with Crippen LogP contribution in [0, 0.1) is 13.8 Å². The summed E-state index contributed by atoms with van der Waals surface area (Å²) in [4.78, 5) is 11.8. The molecule has 0 radical (unpaired) electrons. The van der Waals surface area contributed by atoms with Crippen molar-refractivity contribution in [2.75, 3.05) is 31.2 Å². The number of fused-ring (bicyclic) bond motifs is 1. The van der Waals surface area contributed by atoms with Crippen LogP contribution in [0.4, 0.5) is 5.95 Å². The van der Waals surface area contributed by atoms with E-state index in [-0.39, 0.29) is 0 Å². The van der Waals surface area contributed by atoms with Crippen molar-refractivity contribution in [3.63, 3.8) is 0 Å². The normalized spacial score (nSPS) is 14.6. The molecule has 0 bridgehead atoms. The fraction of sp³-hybridized carbons (Fsp3) is 0.318. The van der Waals surface area contributed by atoms with Crippen molar-refractivity contribution < 1.29 is 9.26 Å². The molecule has 0 aliphatic carbocycles. The molecule has 1 aromatic carbocycles. The standard InChI is InChI=1S/C22H23N5O2/c1-15-20(16(2)29-25-15)18-12-19-21(23-13-18)24-22(26-8-10-28-11-9-26)27(19)14-17-6-4-3-5-7-17/h3-7,12-13H,8-11,14H2,1-2H3. The van der Waals surface area contributed by atoms with Gasteiger partial charge in [-0.2, -0.15) is 4.98 Å². The molecule has 7 nitrogen and oxygen atoms in total. The largest absolute Gasteiger partial charge is 0.378 e. The van der Waals surface area contributed by atoms with E-state index in [4.69, 9.17) is 14.2 Å². The zero-order valence-corrected chi connectivity index (χ0v) is 16.6. The Labute approximate surface area is 168 Å². The molecule has 3 aromatic heterocycles. The number of rotatable bonds is 4. The van der Waals surface area contributed by atoms with Gasteiger partial charge >= 0.3 is 0 Å². The number of aromatic nitrogens is 4. The van der Waals surface area contributed by atoms with Crippen LogP contribution in [0.3, 0.4) is 0 Å². The van der Waals surface area contributed by atoms with E-state index in [2.05, 4.69) is 49.9 Å². The molecule has 0 spiro atoms. The van der Waals surface area contributed by atoms with Crippen LogP contribution in [0.1, 0.15) is 17.0 Å². The Balaban J connectivity index is 1.66. The van der Waals surface area contributed by atoms with E-state index in [1.807, 2.05) is 26.1 Å². The van der Waals surface area contributed by atoms with Crippen molar-refractivity contribution in [1.82, 2.24) is 19.7 Å². The molecule has 1 saturated heterocycles. The highest BCUT2D eigenvalue weighted by atomic mass is 16.5. The molecule has 4 heterocycles. The number of ether oxygens (including phenoxy) is 1. The van der Waals surface area contributed by atoms with Gasteiger partial charge in [0, 0.05) is 30.4 Å². The van der Waals surface area contributed by atoms with Gasteiger partial charge in [-0.15, -0.1) is 0 Å². The van der Waals surface area contributed by atoms with Crippen LogP contribution in [0.2, 0.25) is 0 Å². The van der Waals surface area contributed by atoms with Gasteiger partial charge in [0.2, 0.25) is 5.95 Å². The number of benzene rings is 1. The minimum Gasteiger partial charge on any atom is -0.378 e. The van der Waals surface area contributed by atoms with Crippen molar-refractivity contribution in [3.8, 4) is 11.1 Å². The maximum Gasteiger partial charge on any atom is 0.208 e. The summed E-state index contributed by atoms with van der Waals surface area (Å²) in [5.74, 6) is 1.74. The van der Waals surface area contributed by atoms with Crippen molar-refractivity contribution in [1.29, 1.82) is 0 Å². The zero-order valence-electron chi connectivity index (χ0n) is 16.6. The van der Waals surface area contributed by atoms with E-state index in [0.29, 0.717) is 13.2 Å². The average molecular weight is 389 g/mol. The van der Waals surface area contributed by atoms with Crippen LogP contribution in [0.5, 0.6) is 0 Å². The predicted octanol–water partition coefficient (Wildman–Crippen LogP) is 3.59. The first-order chi connectivity index (χ1) is 14.2. The second-order valence-corrected chi connectivity index (χ2v) is 7.35. The SMILES string of the molecule is Cc1noc(C)c1-c1cnc2nc(N3CCOCC3)n(Cc3ccccc3)c2c1. The van der Waals surface area contributed by atoms with E-state index in [1.165, 1.54) is 5.56 Å².